The van der Waals surface area contributed by atoms with Crippen molar-refractivity contribution < 1.29 is 39.9 Å². The standard InChI is InChI=1S/C20H20N2O8/c1-5-6-3-2-4-7(23)9(6)14(24)10-8(5)15(25)12-13(21)16(26)11(19(22)29)18(28)20(12,30)17(10)27/h2-5,8,12-13,15,23,25-27,30H,21H2,1H3,(H2,22,29)/t5-,8?,12?,13-,15-,20-/m0/s1. The maximum atomic E-state index is 13.2. The zero-order chi connectivity index (χ0) is 22.3. The number of phenols is 1. The van der Waals surface area contributed by atoms with E-state index in [9.17, 15) is 39.9 Å². The molecule has 6 atom stereocenters. The van der Waals surface area contributed by atoms with Crippen LogP contribution in [0.3, 0.4) is 0 Å². The van der Waals surface area contributed by atoms with E-state index in [0.717, 1.165) is 0 Å². The number of nitrogens with two attached hydrogens (primary N) is 2. The van der Waals surface area contributed by atoms with Gasteiger partial charge in [0.05, 0.1) is 23.6 Å². The number of aliphatic hydroxyl groups is 4. The lowest BCUT2D eigenvalue weighted by atomic mass is 9.55. The second kappa shape index (κ2) is 6.14. The Balaban J connectivity index is 2.04. The Bertz CT molecular complexity index is 1090. The van der Waals surface area contributed by atoms with Crippen molar-refractivity contribution in [1.29, 1.82) is 0 Å². The van der Waals surface area contributed by atoms with Crippen LogP contribution in [0.15, 0.2) is 40.9 Å². The van der Waals surface area contributed by atoms with Gasteiger partial charge in [0.2, 0.25) is 5.78 Å². The summed E-state index contributed by atoms with van der Waals surface area (Å²) < 4.78 is 0. The van der Waals surface area contributed by atoms with E-state index in [4.69, 9.17) is 11.5 Å². The van der Waals surface area contributed by atoms with E-state index >= 15 is 0 Å². The molecule has 0 spiro atoms. The van der Waals surface area contributed by atoms with Gasteiger partial charge in [-0.1, -0.05) is 19.1 Å². The number of ketones is 2. The number of hydrogen-bond donors (Lipinski definition) is 7. The van der Waals surface area contributed by atoms with Crippen molar-refractivity contribution in [3.8, 4) is 5.75 Å². The van der Waals surface area contributed by atoms with Gasteiger partial charge in [-0.25, -0.2) is 0 Å². The molecule has 1 aromatic carbocycles. The largest absolute Gasteiger partial charge is 0.510 e. The third kappa shape index (κ3) is 2.15. The predicted molar refractivity (Wildman–Crippen MR) is 100 cm³/mol. The third-order valence-corrected chi connectivity index (χ3v) is 6.52. The summed E-state index contributed by atoms with van der Waals surface area (Å²) in [6.07, 6.45) is -1.66. The minimum atomic E-state index is -2.96. The maximum absolute atomic E-state index is 13.2. The molecule has 0 saturated carbocycles. The minimum absolute atomic E-state index is 0.127. The van der Waals surface area contributed by atoms with E-state index < -0.39 is 75.6 Å². The zero-order valence-corrected chi connectivity index (χ0v) is 15.7. The number of hydrogen-bond acceptors (Lipinski definition) is 9. The molecule has 2 unspecified atom stereocenters. The minimum Gasteiger partial charge on any atom is -0.510 e. The Kier molecular flexibility index (Phi) is 4.11. The Morgan fingerprint density at radius 3 is 2.40 bits per heavy atom. The van der Waals surface area contributed by atoms with Crippen molar-refractivity contribution in [3.63, 3.8) is 0 Å². The van der Waals surface area contributed by atoms with Gasteiger partial charge in [-0.15, -0.1) is 0 Å². The highest BCUT2D eigenvalue weighted by atomic mass is 16.4. The first-order chi connectivity index (χ1) is 14.0. The summed E-state index contributed by atoms with van der Waals surface area (Å²) in [6.45, 7) is 1.64. The van der Waals surface area contributed by atoms with E-state index in [2.05, 4.69) is 0 Å². The summed E-state index contributed by atoms with van der Waals surface area (Å²) in [7, 11) is 0. The molecule has 3 aliphatic rings. The van der Waals surface area contributed by atoms with E-state index in [1.165, 1.54) is 12.1 Å². The van der Waals surface area contributed by atoms with Gasteiger partial charge >= 0.3 is 0 Å². The first-order valence-corrected chi connectivity index (χ1v) is 9.20. The van der Waals surface area contributed by atoms with E-state index in [1.807, 2.05) is 0 Å². The molecule has 0 aromatic heterocycles. The number of benzene rings is 1. The highest BCUT2D eigenvalue weighted by Gasteiger charge is 2.66. The van der Waals surface area contributed by atoms with Crippen molar-refractivity contribution in [1.82, 2.24) is 0 Å². The van der Waals surface area contributed by atoms with Crippen molar-refractivity contribution in [2.24, 2.45) is 23.3 Å². The molecule has 0 fully saturated rings. The monoisotopic (exact) mass is 416 g/mol. The van der Waals surface area contributed by atoms with Gasteiger partial charge in [-0.3, -0.25) is 14.4 Å². The molecule has 30 heavy (non-hydrogen) atoms. The molecule has 4 rings (SSSR count). The molecule has 9 N–H and O–H groups in total. The van der Waals surface area contributed by atoms with Crippen LogP contribution >= 0.6 is 0 Å². The molecule has 0 bridgehead atoms. The Morgan fingerprint density at radius 2 is 1.80 bits per heavy atom. The fourth-order valence-corrected chi connectivity index (χ4v) is 5.09. The zero-order valence-electron chi connectivity index (χ0n) is 15.7. The average Bonchev–Trinajstić information content (AvgIpc) is 2.67. The van der Waals surface area contributed by atoms with Crippen LogP contribution in [0.1, 0.15) is 28.8 Å². The smallest absolute Gasteiger partial charge is 0.255 e. The summed E-state index contributed by atoms with van der Waals surface area (Å²) in [4.78, 5) is 37.8. The number of amides is 1. The van der Waals surface area contributed by atoms with Crippen LogP contribution < -0.4 is 11.5 Å². The molecular formula is C20H20N2O8. The maximum Gasteiger partial charge on any atom is 0.255 e. The summed E-state index contributed by atoms with van der Waals surface area (Å²) >= 11 is 0. The fraction of sp³-hybridized carbons (Fsp3) is 0.350. The number of aromatic hydroxyl groups is 1. The van der Waals surface area contributed by atoms with Gasteiger partial charge in [0.1, 0.15) is 22.8 Å². The van der Waals surface area contributed by atoms with Crippen LogP contribution in [0.5, 0.6) is 5.75 Å². The highest BCUT2D eigenvalue weighted by Crippen LogP contribution is 2.54. The number of aliphatic hydroxyl groups excluding tert-OH is 3. The number of carbonyl (C=O) groups excluding carboxylic acids is 3. The Labute approximate surface area is 169 Å². The molecule has 10 heteroatoms. The van der Waals surface area contributed by atoms with Crippen LogP contribution in [0.2, 0.25) is 0 Å². The molecule has 1 amide bonds. The molecule has 158 valence electrons. The predicted octanol–water partition coefficient (Wildman–Crippen LogP) is -0.950. The Hall–Kier alpha value is -3.21. The van der Waals surface area contributed by atoms with Crippen molar-refractivity contribution in [3.05, 3.63) is 52.0 Å². The molecule has 0 heterocycles. The summed E-state index contributed by atoms with van der Waals surface area (Å²) in [5.74, 6) is -9.48. The van der Waals surface area contributed by atoms with Crippen LogP contribution in [-0.2, 0) is 9.59 Å². The molecular weight excluding hydrogens is 396 g/mol. The molecule has 0 saturated heterocycles. The summed E-state index contributed by atoms with van der Waals surface area (Å²) in [5.41, 5.74) is 6.90. The topological polar surface area (TPSA) is 204 Å². The Morgan fingerprint density at radius 1 is 1.17 bits per heavy atom. The molecule has 10 nitrogen and oxygen atoms in total. The average molecular weight is 416 g/mol. The quantitative estimate of drug-likeness (QED) is 0.281. The number of Topliss-reactive ketones (excluding diaryl/α,β-unsaturated/α-hetero) is 2. The summed E-state index contributed by atoms with van der Waals surface area (Å²) in [5, 5.41) is 53.7. The lowest BCUT2D eigenvalue weighted by molar-refractivity contribution is -0.156. The number of phenolic OH excluding ortho intramolecular Hbond substituents is 1. The third-order valence-electron chi connectivity index (χ3n) is 6.52. The van der Waals surface area contributed by atoms with E-state index in [0.29, 0.717) is 5.56 Å². The molecule has 0 aliphatic heterocycles. The lowest BCUT2D eigenvalue weighted by Crippen LogP contribution is -2.68. The van der Waals surface area contributed by atoms with Gasteiger partial charge in [0, 0.05) is 11.5 Å². The SMILES string of the molecule is C[C@H]1c2cccc(O)c2C(=O)C2=C(O)[C@]3(O)C(=O)C(C(N)=O)=C(O)[C@@H](N)C3[C@@H](O)C21. The summed E-state index contributed by atoms with van der Waals surface area (Å²) in [6, 6.07) is 2.74. The van der Waals surface area contributed by atoms with Crippen LogP contribution in [0.4, 0.5) is 0 Å². The number of carbonyl (C=O) groups is 3. The van der Waals surface area contributed by atoms with E-state index in [1.54, 1.807) is 13.0 Å². The molecule has 1 aromatic rings. The van der Waals surface area contributed by atoms with Gasteiger partial charge in [-0.2, -0.15) is 0 Å². The number of rotatable bonds is 1. The van der Waals surface area contributed by atoms with Crippen LogP contribution in [-0.4, -0.2) is 60.8 Å². The second-order valence-electron chi connectivity index (χ2n) is 7.91. The van der Waals surface area contributed by atoms with Crippen molar-refractivity contribution in [2.45, 2.75) is 30.6 Å². The number of primary amides is 1. The van der Waals surface area contributed by atoms with Gasteiger partial charge in [-0.05, 0) is 17.5 Å². The van der Waals surface area contributed by atoms with Crippen molar-refractivity contribution >= 4 is 17.5 Å². The second-order valence-corrected chi connectivity index (χ2v) is 7.91. The fourth-order valence-electron chi connectivity index (χ4n) is 5.09. The van der Waals surface area contributed by atoms with Gasteiger partial charge in [0.25, 0.3) is 5.91 Å². The lowest BCUT2D eigenvalue weighted by Gasteiger charge is -2.51. The van der Waals surface area contributed by atoms with Crippen LogP contribution in [0, 0.1) is 11.8 Å². The molecule has 3 aliphatic carbocycles. The van der Waals surface area contributed by atoms with E-state index in [-0.39, 0.29) is 11.3 Å². The normalized spacial score (nSPS) is 35.7. The van der Waals surface area contributed by atoms with Gasteiger partial charge < -0.3 is 37.0 Å². The van der Waals surface area contributed by atoms with Crippen molar-refractivity contribution in [2.75, 3.05) is 0 Å². The first kappa shape index (κ1) is 20.1. The highest BCUT2D eigenvalue weighted by molar-refractivity contribution is 6.24. The van der Waals surface area contributed by atoms with Gasteiger partial charge in [0.15, 0.2) is 11.4 Å². The number of fused-ring (bicyclic) bond motifs is 3. The van der Waals surface area contributed by atoms with Crippen LogP contribution in [0.25, 0.3) is 0 Å². The first-order valence-electron chi connectivity index (χ1n) is 9.20. The molecule has 0 radical (unpaired) electrons.